The van der Waals surface area contributed by atoms with Crippen molar-refractivity contribution in [3.05, 3.63) is 107 Å². The van der Waals surface area contributed by atoms with Gasteiger partial charge in [0.2, 0.25) is 0 Å². The number of benzene rings is 3. The summed E-state index contributed by atoms with van der Waals surface area (Å²) >= 11 is 0. The SMILES string of the molecule is CCOC(=O)CCc1cccc(C(C)c2cn3c(n2)-c2cc(Oc4c(F)cc5c(ccn5COCC[Si](C)(C)C)c4F)ccc2C=CC3)c1F. The highest BCUT2D eigenvalue weighted by atomic mass is 28.3. The quantitative estimate of drug-likeness (QED) is 0.0695. The van der Waals surface area contributed by atoms with E-state index in [9.17, 15) is 4.79 Å². The summed E-state index contributed by atoms with van der Waals surface area (Å²) < 4.78 is 67.2. The molecule has 2 aromatic heterocycles. The van der Waals surface area contributed by atoms with Crippen molar-refractivity contribution in [3.8, 4) is 22.9 Å². The molecule has 262 valence electrons. The molecule has 1 aliphatic rings. The monoisotopic (exact) mass is 701 g/mol. The van der Waals surface area contributed by atoms with Crippen LogP contribution < -0.4 is 4.74 Å². The molecule has 0 saturated heterocycles. The third kappa shape index (κ3) is 7.58. The smallest absolute Gasteiger partial charge is 0.306 e. The predicted octanol–water partition coefficient (Wildman–Crippen LogP) is 9.70. The zero-order chi connectivity index (χ0) is 35.6. The zero-order valence-corrected chi connectivity index (χ0v) is 30.1. The number of fused-ring (bicyclic) bond motifs is 4. The minimum Gasteiger partial charge on any atom is -0.466 e. The first-order valence-corrected chi connectivity index (χ1v) is 20.7. The number of hydrogen-bond acceptors (Lipinski definition) is 5. The first-order valence-electron chi connectivity index (χ1n) is 17.0. The molecule has 1 aliphatic heterocycles. The van der Waals surface area contributed by atoms with Crippen molar-refractivity contribution in [3.63, 3.8) is 0 Å². The second kappa shape index (κ2) is 14.7. The highest BCUT2D eigenvalue weighted by Gasteiger charge is 2.24. The van der Waals surface area contributed by atoms with Gasteiger partial charge in [0.25, 0.3) is 0 Å². The van der Waals surface area contributed by atoms with Crippen LogP contribution in [0.5, 0.6) is 11.5 Å². The highest BCUT2D eigenvalue weighted by Crippen LogP contribution is 2.38. The van der Waals surface area contributed by atoms with Crippen LogP contribution >= 0.6 is 0 Å². The number of aromatic nitrogens is 3. The van der Waals surface area contributed by atoms with Crippen molar-refractivity contribution >= 4 is 31.0 Å². The maximum atomic E-state index is 15.8. The van der Waals surface area contributed by atoms with E-state index in [-0.39, 0.29) is 49.1 Å². The van der Waals surface area contributed by atoms with Crippen molar-refractivity contribution in [1.29, 1.82) is 0 Å². The molecule has 0 aliphatic carbocycles. The number of hydrogen-bond donors (Lipinski definition) is 0. The molecule has 0 spiro atoms. The third-order valence-corrected chi connectivity index (χ3v) is 10.7. The van der Waals surface area contributed by atoms with E-state index >= 15 is 13.2 Å². The number of carbonyl (C=O) groups excluding carboxylic acids is 1. The number of carbonyl (C=O) groups is 1. The van der Waals surface area contributed by atoms with Crippen LogP contribution in [0.2, 0.25) is 25.7 Å². The zero-order valence-electron chi connectivity index (χ0n) is 29.1. The number of rotatable bonds is 13. The number of ether oxygens (including phenoxy) is 3. The molecule has 0 fully saturated rings. The number of allylic oxidation sites excluding steroid dienone is 1. The average molecular weight is 702 g/mol. The van der Waals surface area contributed by atoms with Crippen LogP contribution in [0.25, 0.3) is 28.4 Å². The maximum Gasteiger partial charge on any atom is 0.306 e. The molecule has 1 unspecified atom stereocenters. The van der Waals surface area contributed by atoms with Crippen LogP contribution in [-0.4, -0.2) is 41.4 Å². The molecule has 11 heteroatoms. The molecule has 7 nitrogen and oxygen atoms in total. The molecule has 1 atom stereocenters. The number of aryl methyl sites for hydroxylation is 1. The van der Waals surface area contributed by atoms with Gasteiger partial charge >= 0.3 is 5.97 Å². The van der Waals surface area contributed by atoms with Gasteiger partial charge in [-0.05, 0) is 54.3 Å². The molecule has 0 bridgehead atoms. The van der Waals surface area contributed by atoms with Gasteiger partial charge in [0.05, 0.1) is 17.8 Å². The van der Waals surface area contributed by atoms with Crippen molar-refractivity contribution in [2.24, 2.45) is 0 Å². The summed E-state index contributed by atoms with van der Waals surface area (Å²) in [5.41, 5.74) is 3.53. The summed E-state index contributed by atoms with van der Waals surface area (Å²) in [6, 6.07) is 14.3. The molecule has 6 rings (SSSR count). The van der Waals surface area contributed by atoms with Crippen LogP contribution in [0, 0.1) is 17.5 Å². The van der Waals surface area contributed by atoms with Crippen LogP contribution in [-0.2, 0) is 34.0 Å². The molecule has 3 heterocycles. The fraction of sp³-hybridized carbons (Fsp3) is 0.333. The Morgan fingerprint density at radius 1 is 1.06 bits per heavy atom. The molecular weight excluding hydrogens is 660 g/mol. The summed E-state index contributed by atoms with van der Waals surface area (Å²) in [6.45, 7) is 12.0. The van der Waals surface area contributed by atoms with Gasteiger partial charge in [-0.15, -0.1) is 0 Å². The molecule has 50 heavy (non-hydrogen) atoms. The Bertz CT molecular complexity index is 2060. The third-order valence-electron chi connectivity index (χ3n) is 8.95. The normalized spacial score (nSPS) is 13.2. The summed E-state index contributed by atoms with van der Waals surface area (Å²) in [5, 5.41) is 0.235. The fourth-order valence-electron chi connectivity index (χ4n) is 6.10. The summed E-state index contributed by atoms with van der Waals surface area (Å²) in [5.74, 6) is -2.36. The number of nitrogens with zero attached hydrogens (tertiary/aromatic N) is 3. The Morgan fingerprint density at radius 2 is 1.88 bits per heavy atom. The molecule has 3 aromatic carbocycles. The van der Waals surface area contributed by atoms with E-state index in [1.54, 1.807) is 54.1 Å². The Morgan fingerprint density at radius 3 is 2.66 bits per heavy atom. The Balaban J connectivity index is 1.24. The first kappa shape index (κ1) is 35.2. The Hall–Kier alpha value is -4.61. The topological polar surface area (TPSA) is 67.5 Å². The fourth-order valence-corrected chi connectivity index (χ4v) is 6.85. The molecule has 0 N–H and O–H groups in total. The number of imidazole rings is 1. The van der Waals surface area contributed by atoms with E-state index in [4.69, 9.17) is 19.2 Å². The molecular formula is C39H42F3N3O4Si. The van der Waals surface area contributed by atoms with E-state index in [1.807, 2.05) is 35.9 Å². The van der Waals surface area contributed by atoms with Gasteiger partial charge in [-0.3, -0.25) is 4.79 Å². The van der Waals surface area contributed by atoms with E-state index in [2.05, 4.69) is 19.6 Å². The first-order chi connectivity index (χ1) is 23.9. The summed E-state index contributed by atoms with van der Waals surface area (Å²) in [6.07, 6.45) is 7.87. The van der Waals surface area contributed by atoms with Crippen molar-refractivity contribution in [1.82, 2.24) is 14.1 Å². The van der Waals surface area contributed by atoms with Gasteiger partial charge in [-0.2, -0.15) is 0 Å². The van der Waals surface area contributed by atoms with Crippen LogP contribution in [0.4, 0.5) is 13.2 Å². The van der Waals surface area contributed by atoms with Crippen molar-refractivity contribution < 1.29 is 32.2 Å². The summed E-state index contributed by atoms with van der Waals surface area (Å²) in [4.78, 5) is 16.8. The second-order valence-corrected chi connectivity index (χ2v) is 19.4. The maximum absolute atomic E-state index is 15.8. The molecule has 0 radical (unpaired) electrons. The molecule has 5 aromatic rings. The standard InChI is InChI=1S/C39H42F3N3O4Si/c1-6-48-35(46)15-13-27-9-7-11-29(36(27)41)25(2)33-23-44-17-8-10-26-12-14-28(21-31(26)39(44)43-33)49-38-32(40)22-34-30(37(38)42)16-18-45(34)24-47-19-20-50(3,4)5/h7-12,14,16,18,21-23,25H,6,13,15,17,19-20,24H2,1-5H3. The number of esters is 1. The van der Waals surface area contributed by atoms with E-state index < -0.39 is 31.4 Å². The van der Waals surface area contributed by atoms with Gasteiger partial charge in [0.1, 0.15) is 24.1 Å². The van der Waals surface area contributed by atoms with Crippen LogP contribution in [0.3, 0.4) is 0 Å². The highest BCUT2D eigenvalue weighted by molar-refractivity contribution is 6.76. The minimum absolute atomic E-state index is 0.0944. The average Bonchev–Trinajstić information content (AvgIpc) is 3.64. The van der Waals surface area contributed by atoms with E-state index in [0.717, 1.165) is 11.6 Å². The van der Waals surface area contributed by atoms with Crippen LogP contribution in [0.1, 0.15) is 48.6 Å². The van der Waals surface area contributed by atoms with Gasteiger partial charge in [0.15, 0.2) is 17.4 Å². The molecule has 0 amide bonds. The lowest BCUT2D eigenvalue weighted by Crippen LogP contribution is -2.21. The lowest BCUT2D eigenvalue weighted by Gasteiger charge is -2.16. The largest absolute Gasteiger partial charge is 0.466 e. The minimum atomic E-state index is -1.26. The van der Waals surface area contributed by atoms with Gasteiger partial charge in [0, 0.05) is 63.0 Å². The van der Waals surface area contributed by atoms with Gasteiger partial charge in [-0.25, -0.2) is 18.2 Å². The lowest BCUT2D eigenvalue weighted by molar-refractivity contribution is -0.143. The second-order valence-electron chi connectivity index (χ2n) is 13.8. The number of halogens is 3. The van der Waals surface area contributed by atoms with Crippen LogP contribution in [0.15, 0.2) is 67.0 Å². The van der Waals surface area contributed by atoms with E-state index in [1.165, 1.54) is 6.07 Å². The van der Waals surface area contributed by atoms with Crippen molar-refractivity contribution in [2.45, 2.75) is 71.6 Å². The Labute approximate surface area is 291 Å². The molecule has 0 saturated carbocycles. The summed E-state index contributed by atoms with van der Waals surface area (Å²) in [7, 11) is -1.26. The van der Waals surface area contributed by atoms with Gasteiger partial charge in [-0.1, -0.05) is 63.0 Å². The van der Waals surface area contributed by atoms with E-state index in [0.29, 0.717) is 46.9 Å². The van der Waals surface area contributed by atoms with Gasteiger partial charge < -0.3 is 23.3 Å². The predicted molar refractivity (Wildman–Crippen MR) is 192 cm³/mol. The van der Waals surface area contributed by atoms with Crippen molar-refractivity contribution in [2.75, 3.05) is 13.2 Å². The lowest BCUT2D eigenvalue weighted by atomic mass is 9.94. The Kier molecular flexibility index (Phi) is 10.4.